The molecular formula is C22H27ClN4O2S. The Bertz CT molecular complexity index is 920. The molecule has 1 aliphatic heterocycles. The number of thiophene rings is 1. The molecule has 160 valence electrons. The molecule has 1 aromatic carbocycles. The lowest BCUT2D eigenvalue weighted by Gasteiger charge is -2.34. The Morgan fingerprint density at radius 1 is 1.03 bits per heavy atom. The summed E-state index contributed by atoms with van der Waals surface area (Å²) in [7, 11) is 0. The number of anilines is 1. The van der Waals surface area contributed by atoms with Crippen LogP contribution < -0.4 is 11.1 Å². The fourth-order valence-corrected chi connectivity index (χ4v) is 5.67. The Labute approximate surface area is 186 Å². The van der Waals surface area contributed by atoms with E-state index in [1.165, 1.54) is 21.8 Å². The number of rotatable bonds is 6. The van der Waals surface area contributed by atoms with Gasteiger partial charge in [0.05, 0.1) is 12.1 Å². The number of primary amides is 1. The minimum atomic E-state index is -0.444. The first-order valence-corrected chi connectivity index (χ1v) is 11.6. The normalized spacial score (nSPS) is 17.5. The molecule has 30 heavy (non-hydrogen) atoms. The van der Waals surface area contributed by atoms with E-state index in [4.69, 9.17) is 17.3 Å². The molecule has 0 atom stereocenters. The highest BCUT2D eigenvalue weighted by Gasteiger charge is 2.26. The van der Waals surface area contributed by atoms with Crippen molar-refractivity contribution in [3.8, 4) is 0 Å². The van der Waals surface area contributed by atoms with E-state index in [0.29, 0.717) is 17.1 Å². The Hall–Kier alpha value is -1.93. The molecule has 1 fully saturated rings. The maximum absolute atomic E-state index is 12.6. The van der Waals surface area contributed by atoms with Crippen LogP contribution in [0.5, 0.6) is 0 Å². The van der Waals surface area contributed by atoms with E-state index in [-0.39, 0.29) is 5.91 Å². The van der Waals surface area contributed by atoms with E-state index in [9.17, 15) is 9.59 Å². The Kier molecular flexibility index (Phi) is 6.73. The second kappa shape index (κ2) is 9.47. The summed E-state index contributed by atoms with van der Waals surface area (Å²) in [6.45, 7) is 4.72. The molecule has 2 amide bonds. The van der Waals surface area contributed by atoms with Crippen LogP contribution in [0, 0.1) is 0 Å². The molecule has 8 heteroatoms. The zero-order valence-electron chi connectivity index (χ0n) is 17.0. The molecule has 1 aliphatic carbocycles. The van der Waals surface area contributed by atoms with Gasteiger partial charge in [-0.1, -0.05) is 23.7 Å². The smallest absolute Gasteiger partial charge is 0.251 e. The molecule has 0 bridgehead atoms. The highest BCUT2D eigenvalue weighted by molar-refractivity contribution is 7.17. The van der Waals surface area contributed by atoms with Gasteiger partial charge in [0.2, 0.25) is 5.91 Å². The van der Waals surface area contributed by atoms with Crippen LogP contribution in [0.3, 0.4) is 0 Å². The van der Waals surface area contributed by atoms with Gasteiger partial charge in [-0.15, -0.1) is 11.3 Å². The van der Waals surface area contributed by atoms with Crippen LogP contribution in [-0.4, -0.2) is 54.3 Å². The maximum atomic E-state index is 12.6. The molecule has 2 heterocycles. The first-order chi connectivity index (χ1) is 14.5. The SMILES string of the molecule is NC(=O)c1c(NC(=O)CN2CCN(Cc3ccc(Cl)cc3)CC2)sc2c1CCCC2. The predicted molar refractivity (Wildman–Crippen MR) is 121 cm³/mol. The van der Waals surface area contributed by atoms with Gasteiger partial charge in [-0.25, -0.2) is 0 Å². The van der Waals surface area contributed by atoms with Gasteiger partial charge in [-0.2, -0.15) is 0 Å². The largest absolute Gasteiger partial charge is 0.365 e. The number of hydrogen-bond donors (Lipinski definition) is 2. The van der Waals surface area contributed by atoms with Gasteiger partial charge in [-0.3, -0.25) is 19.4 Å². The Balaban J connectivity index is 1.30. The number of fused-ring (bicyclic) bond motifs is 1. The van der Waals surface area contributed by atoms with E-state index in [1.807, 2.05) is 12.1 Å². The summed E-state index contributed by atoms with van der Waals surface area (Å²) in [4.78, 5) is 30.4. The summed E-state index contributed by atoms with van der Waals surface area (Å²) >= 11 is 7.47. The number of benzene rings is 1. The van der Waals surface area contributed by atoms with Crippen LogP contribution in [0.2, 0.25) is 5.02 Å². The average Bonchev–Trinajstić information content (AvgIpc) is 3.09. The number of carbonyl (C=O) groups is 2. The van der Waals surface area contributed by atoms with Crippen LogP contribution >= 0.6 is 22.9 Å². The van der Waals surface area contributed by atoms with Crippen molar-refractivity contribution in [3.63, 3.8) is 0 Å². The number of nitrogens with one attached hydrogen (secondary N) is 1. The molecule has 0 saturated carbocycles. The van der Waals surface area contributed by atoms with Crippen LogP contribution in [0.15, 0.2) is 24.3 Å². The van der Waals surface area contributed by atoms with Crippen LogP contribution in [0.25, 0.3) is 0 Å². The molecular weight excluding hydrogens is 420 g/mol. The van der Waals surface area contributed by atoms with Gasteiger partial charge in [0.1, 0.15) is 5.00 Å². The minimum absolute atomic E-state index is 0.0813. The number of hydrogen-bond acceptors (Lipinski definition) is 5. The highest BCUT2D eigenvalue weighted by atomic mass is 35.5. The van der Waals surface area contributed by atoms with Crippen molar-refractivity contribution in [3.05, 3.63) is 50.9 Å². The summed E-state index contributed by atoms with van der Waals surface area (Å²) in [6, 6.07) is 7.94. The Morgan fingerprint density at radius 3 is 2.40 bits per heavy atom. The second-order valence-electron chi connectivity index (χ2n) is 8.01. The van der Waals surface area contributed by atoms with Gasteiger partial charge >= 0.3 is 0 Å². The topological polar surface area (TPSA) is 78.7 Å². The van der Waals surface area contributed by atoms with Crippen LogP contribution in [0.4, 0.5) is 5.00 Å². The maximum Gasteiger partial charge on any atom is 0.251 e. The molecule has 4 rings (SSSR count). The summed E-state index contributed by atoms with van der Waals surface area (Å²) in [5.41, 5.74) is 8.44. The lowest BCUT2D eigenvalue weighted by molar-refractivity contribution is -0.117. The molecule has 0 radical (unpaired) electrons. The lowest BCUT2D eigenvalue weighted by Crippen LogP contribution is -2.48. The molecule has 3 N–H and O–H groups in total. The van der Waals surface area contributed by atoms with Crippen molar-refractivity contribution >= 4 is 39.8 Å². The van der Waals surface area contributed by atoms with Gasteiger partial charge < -0.3 is 11.1 Å². The molecule has 0 spiro atoms. The molecule has 2 aliphatic rings. The first-order valence-electron chi connectivity index (χ1n) is 10.4. The Morgan fingerprint density at radius 2 is 1.70 bits per heavy atom. The van der Waals surface area contributed by atoms with Gasteiger partial charge in [0, 0.05) is 42.6 Å². The number of halogens is 1. The van der Waals surface area contributed by atoms with Crippen molar-refractivity contribution in [2.75, 3.05) is 38.0 Å². The van der Waals surface area contributed by atoms with Crippen molar-refractivity contribution in [2.24, 2.45) is 5.73 Å². The molecule has 1 aromatic heterocycles. The first kappa shape index (κ1) is 21.3. The van der Waals surface area contributed by atoms with Crippen molar-refractivity contribution in [2.45, 2.75) is 32.2 Å². The van der Waals surface area contributed by atoms with E-state index in [0.717, 1.165) is 69.0 Å². The van der Waals surface area contributed by atoms with E-state index < -0.39 is 5.91 Å². The fourth-order valence-electron chi connectivity index (χ4n) is 4.24. The van der Waals surface area contributed by atoms with Gasteiger partial charge in [-0.05, 0) is 48.9 Å². The quantitative estimate of drug-likeness (QED) is 0.714. The van der Waals surface area contributed by atoms with E-state index in [1.54, 1.807) is 0 Å². The monoisotopic (exact) mass is 446 g/mol. The lowest BCUT2D eigenvalue weighted by atomic mass is 9.95. The van der Waals surface area contributed by atoms with Gasteiger partial charge in [0.25, 0.3) is 5.91 Å². The summed E-state index contributed by atoms with van der Waals surface area (Å²) < 4.78 is 0. The number of piperazine rings is 1. The van der Waals surface area contributed by atoms with Crippen molar-refractivity contribution < 1.29 is 9.59 Å². The second-order valence-corrected chi connectivity index (χ2v) is 9.55. The van der Waals surface area contributed by atoms with Gasteiger partial charge in [0.15, 0.2) is 0 Å². The molecule has 6 nitrogen and oxygen atoms in total. The third-order valence-corrected chi connectivity index (χ3v) is 7.28. The third-order valence-electron chi connectivity index (χ3n) is 5.82. The zero-order valence-corrected chi connectivity index (χ0v) is 18.5. The summed E-state index contributed by atoms with van der Waals surface area (Å²) in [5.74, 6) is -0.525. The number of nitrogens with two attached hydrogens (primary N) is 1. The molecule has 2 aromatic rings. The summed E-state index contributed by atoms with van der Waals surface area (Å²) in [5, 5.41) is 4.34. The molecule has 0 unspecified atom stereocenters. The van der Waals surface area contributed by atoms with Crippen LogP contribution in [-0.2, 0) is 24.2 Å². The average molecular weight is 447 g/mol. The number of nitrogens with zero attached hydrogens (tertiary/aromatic N) is 2. The van der Waals surface area contributed by atoms with Crippen molar-refractivity contribution in [1.82, 2.24) is 9.80 Å². The predicted octanol–water partition coefficient (Wildman–Crippen LogP) is 3.14. The molecule has 1 saturated heterocycles. The third kappa shape index (κ3) is 5.03. The summed E-state index contributed by atoms with van der Waals surface area (Å²) in [6.07, 6.45) is 4.03. The number of aryl methyl sites for hydroxylation is 1. The number of carbonyl (C=O) groups excluding carboxylic acids is 2. The fraction of sp³-hybridized carbons (Fsp3) is 0.455. The minimum Gasteiger partial charge on any atom is -0.365 e. The zero-order chi connectivity index (χ0) is 21.1. The van der Waals surface area contributed by atoms with Crippen molar-refractivity contribution in [1.29, 1.82) is 0 Å². The number of amides is 2. The van der Waals surface area contributed by atoms with E-state index >= 15 is 0 Å². The highest BCUT2D eigenvalue weighted by Crippen LogP contribution is 2.37. The standard InChI is InChI=1S/C22H27ClN4O2S/c23-16-7-5-15(6-8-16)13-26-9-11-27(12-10-26)14-19(28)25-22-20(21(24)29)17-3-1-2-4-18(17)30-22/h5-8H,1-4,9-14H2,(H2,24,29)(H,25,28). The van der Waals surface area contributed by atoms with E-state index in [2.05, 4.69) is 27.2 Å². The van der Waals surface area contributed by atoms with Crippen LogP contribution in [0.1, 0.15) is 39.2 Å².